The van der Waals surface area contributed by atoms with E-state index in [-0.39, 0.29) is 0 Å². The van der Waals surface area contributed by atoms with Gasteiger partial charge < -0.3 is 9.42 Å². The maximum Gasteiger partial charge on any atom is 0.282 e. The highest BCUT2D eigenvalue weighted by atomic mass is 32.2. The number of piperazine rings is 2. The number of aromatic nitrogens is 2. The molecule has 170 valence electrons. The summed E-state index contributed by atoms with van der Waals surface area (Å²) in [5, 5.41) is 4.12. The van der Waals surface area contributed by atoms with E-state index in [1.807, 2.05) is 19.2 Å². The molecule has 0 saturated carbocycles. The average Bonchev–Trinajstić information content (AvgIpc) is 3.23. The molecule has 2 aliphatic heterocycles. The molecule has 0 amide bonds. The molecule has 9 nitrogen and oxygen atoms in total. The van der Waals surface area contributed by atoms with Crippen LogP contribution in [0, 0.1) is 0 Å². The molecule has 2 aliphatic rings. The van der Waals surface area contributed by atoms with E-state index in [0.29, 0.717) is 63.4 Å². The summed E-state index contributed by atoms with van der Waals surface area (Å²) in [6, 6.07) is 8.23. The summed E-state index contributed by atoms with van der Waals surface area (Å²) < 4.78 is 34.5. The third kappa shape index (κ3) is 5.15. The molecule has 31 heavy (non-hydrogen) atoms. The predicted molar refractivity (Wildman–Crippen MR) is 119 cm³/mol. The molecule has 0 radical (unpaired) electrons. The Morgan fingerprint density at radius 1 is 0.935 bits per heavy atom. The Bertz CT molecular complexity index is 959. The first kappa shape index (κ1) is 22.3. The molecule has 0 bridgehead atoms. The number of nitrogens with zero attached hydrogens (tertiary/aromatic N) is 6. The van der Waals surface area contributed by atoms with Gasteiger partial charge in [-0.1, -0.05) is 43.3 Å². The maximum absolute atomic E-state index is 12.9. The highest BCUT2D eigenvalue weighted by molar-refractivity contribution is 7.86. The van der Waals surface area contributed by atoms with E-state index in [2.05, 4.69) is 45.9 Å². The van der Waals surface area contributed by atoms with Crippen LogP contribution in [-0.4, -0.2) is 96.4 Å². The fraction of sp³-hybridized carbons (Fsp3) is 0.619. The van der Waals surface area contributed by atoms with Gasteiger partial charge in [-0.2, -0.15) is 22.0 Å². The number of likely N-dealkylation sites (N-methyl/N-ethyl adjacent to an activating group) is 1. The van der Waals surface area contributed by atoms with Crippen molar-refractivity contribution in [2.24, 2.45) is 0 Å². The first-order chi connectivity index (χ1) is 14.8. The SMILES string of the molecule is CC(C)c1ccc(-c2noc(CN3CCN(S(=O)(=O)N4CCN(C)CC4)CC3)n2)cc1. The molecule has 0 N–H and O–H groups in total. The monoisotopic (exact) mass is 448 g/mol. The fourth-order valence-electron chi connectivity index (χ4n) is 3.95. The molecule has 0 spiro atoms. The number of rotatable bonds is 6. The number of hydrogen-bond acceptors (Lipinski definition) is 7. The Balaban J connectivity index is 1.31. The van der Waals surface area contributed by atoms with E-state index in [1.54, 1.807) is 8.61 Å². The smallest absolute Gasteiger partial charge is 0.282 e. The Labute approximate surface area is 184 Å². The third-order valence-electron chi connectivity index (χ3n) is 6.11. The highest BCUT2D eigenvalue weighted by Gasteiger charge is 2.34. The summed E-state index contributed by atoms with van der Waals surface area (Å²) in [6.45, 7) is 9.77. The van der Waals surface area contributed by atoms with E-state index in [1.165, 1.54) is 5.56 Å². The van der Waals surface area contributed by atoms with Gasteiger partial charge in [0, 0.05) is 57.9 Å². The van der Waals surface area contributed by atoms with Crippen LogP contribution in [0.3, 0.4) is 0 Å². The minimum absolute atomic E-state index is 0.479. The van der Waals surface area contributed by atoms with E-state index < -0.39 is 10.2 Å². The maximum atomic E-state index is 12.9. The van der Waals surface area contributed by atoms with Crippen LogP contribution in [0.2, 0.25) is 0 Å². The number of hydrogen-bond donors (Lipinski definition) is 0. The second-order valence-corrected chi connectivity index (χ2v) is 10.6. The molecule has 0 atom stereocenters. The van der Waals surface area contributed by atoms with Gasteiger partial charge in [0.2, 0.25) is 11.7 Å². The molecule has 3 heterocycles. The average molecular weight is 449 g/mol. The van der Waals surface area contributed by atoms with Crippen LogP contribution in [0.25, 0.3) is 11.4 Å². The van der Waals surface area contributed by atoms with Crippen molar-refractivity contribution in [3.05, 3.63) is 35.7 Å². The van der Waals surface area contributed by atoms with Crippen LogP contribution in [0.1, 0.15) is 31.2 Å². The zero-order valence-electron chi connectivity index (χ0n) is 18.6. The van der Waals surface area contributed by atoms with Gasteiger partial charge >= 0.3 is 0 Å². The molecular formula is C21H32N6O3S. The lowest BCUT2D eigenvalue weighted by molar-refractivity contribution is 0.152. The summed E-state index contributed by atoms with van der Waals surface area (Å²) in [7, 11) is -1.36. The summed E-state index contributed by atoms with van der Waals surface area (Å²) in [6.07, 6.45) is 0. The van der Waals surface area contributed by atoms with Gasteiger partial charge in [0.1, 0.15) is 0 Å². The van der Waals surface area contributed by atoms with E-state index in [4.69, 9.17) is 4.52 Å². The molecule has 2 fully saturated rings. The quantitative estimate of drug-likeness (QED) is 0.661. The molecule has 0 aliphatic carbocycles. The Morgan fingerprint density at radius 3 is 2.10 bits per heavy atom. The topological polar surface area (TPSA) is 86.0 Å². The molecule has 10 heteroatoms. The molecule has 2 aromatic rings. The largest absolute Gasteiger partial charge is 0.338 e. The number of benzene rings is 1. The van der Waals surface area contributed by atoms with Gasteiger partial charge in [0.15, 0.2) is 0 Å². The van der Waals surface area contributed by atoms with E-state index >= 15 is 0 Å². The van der Waals surface area contributed by atoms with Crippen molar-refractivity contribution in [2.75, 3.05) is 59.4 Å². The first-order valence-electron chi connectivity index (χ1n) is 10.9. The van der Waals surface area contributed by atoms with Crippen molar-refractivity contribution in [2.45, 2.75) is 26.3 Å². The van der Waals surface area contributed by atoms with Gasteiger partial charge in [-0.05, 0) is 18.5 Å². The lowest BCUT2D eigenvalue weighted by Gasteiger charge is -2.38. The second kappa shape index (κ2) is 9.33. The molecule has 1 aromatic heterocycles. The minimum atomic E-state index is -3.38. The second-order valence-electron chi connectivity index (χ2n) is 8.67. The van der Waals surface area contributed by atoms with E-state index in [0.717, 1.165) is 18.7 Å². The Hall–Kier alpha value is -1.85. The summed E-state index contributed by atoms with van der Waals surface area (Å²) in [4.78, 5) is 8.85. The molecule has 0 unspecified atom stereocenters. The summed E-state index contributed by atoms with van der Waals surface area (Å²) >= 11 is 0. The van der Waals surface area contributed by atoms with Crippen molar-refractivity contribution in [1.82, 2.24) is 28.6 Å². The van der Waals surface area contributed by atoms with Crippen molar-refractivity contribution in [3.63, 3.8) is 0 Å². The normalized spacial score (nSPS) is 20.5. The molecule has 1 aromatic carbocycles. The lowest BCUT2D eigenvalue weighted by Crippen LogP contribution is -2.56. The van der Waals surface area contributed by atoms with Crippen LogP contribution >= 0.6 is 0 Å². The summed E-state index contributed by atoms with van der Waals surface area (Å²) in [5.74, 6) is 1.62. The van der Waals surface area contributed by atoms with Gasteiger partial charge in [0.25, 0.3) is 10.2 Å². The Kier molecular flexibility index (Phi) is 6.73. The van der Waals surface area contributed by atoms with Gasteiger partial charge in [-0.25, -0.2) is 0 Å². The zero-order valence-corrected chi connectivity index (χ0v) is 19.4. The van der Waals surface area contributed by atoms with Crippen molar-refractivity contribution in [1.29, 1.82) is 0 Å². The van der Waals surface area contributed by atoms with Crippen LogP contribution in [0.15, 0.2) is 28.8 Å². The van der Waals surface area contributed by atoms with Gasteiger partial charge in [-0.3, -0.25) is 4.90 Å². The van der Waals surface area contributed by atoms with Crippen LogP contribution in [0.5, 0.6) is 0 Å². The van der Waals surface area contributed by atoms with Gasteiger partial charge in [0.05, 0.1) is 6.54 Å². The van der Waals surface area contributed by atoms with Crippen molar-refractivity contribution >= 4 is 10.2 Å². The van der Waals surface area contributed by atoms with Gasteiger partial charge in [-0.15, -0.1) is 0 Å². The highest BCUT2D eigenvalue weighted by Crippen LogP contribution is 2.21. The first-order valence-corrected chi connectivity index (χ1v) is 12.3. The lowest BCUT2D eigenvalue weighted by atomic mass is 10.0. The van der Waals surface area contributed by atoms with Crippen LogP contribution in [-0.2, 0) is 16.8 Å². The minimum Gasteiger partial charge on any atom is -0.338 e. The summed E-state index contributed by atoms with van der Waals surface area (Å²) in [5.41, 5.74) is 2.21. The molecule has 2 saturated heterocycles. The van der Waals surface area contributed by atoms with Crippen molar-refractivity contribution < 1.29 is 12.9 Å². The standard InChI is InChI=1S/C21H32N6O3S/c1-17(2)18-4-6-19(7-5-18)21-22-20(30-23-21)16-25-10-14-27(15-11-25)31(28,29)26-12-8-24(3)9-13-26/h4-7,17H,8-16H2,1-3H3. The Morgan fingerprint density at radius 2 is 1.52 bits per heavy atom. The third-order valence-corrected chi connectivity index (χ3v) is 8.14. The van der Waals surface area contributed by atoms with Crippen LogP contribution < -0.4 is 0 Å². The zero-order chi connectivity index (χ0) is 22.0. The van der Waals surface area contributed by atoms with Crippen LogP contribution in [0.4, 0.5) is 0 Å². The molecule has 4 rings (SSSR count). The van der Waals surface area contributed by atoms with E-state index in [9.17, 15) is 8.42 Å². The molecular weight excluding hydrogens is 416 g/mol. The van der Waals surface area contributed by atoms with Crippen molar-refractivity contribution in [3.8, 4) is 11.4 Å². The predicted octanol–water partition coefficient (Wildman–Crippen LogP) is 1.47. The fourth-order valence-corrected chi connectivity index (χ4v) is 5.52.